The van der Waals surface area contributed by atoms with Crippen molar-refractivity contribution in [1.82, 2.24) is 0 Å². The molecule has 0 atom stereocenters. The van der Waals surface area contributed by atoms with Gasteiger partial charge in [0.25, 0.3) is 0 Å². The number of methoxy groups -OCH3 is 1. The van der Waals surface area contributed by atoms with Gasteiger partial charge in [0.05, 0.1) is 17.6 Å². The molecule has 1 aromatic rings. The summed E-state index contributed by atoms with van der Waals surface area (Å²) in [6.45, 7) is 0. The Labute approximate surface area is 101 Å². The van der Waals surface area contributed by atoms with E-state index in [1.807, 2.05) is 0 Å². The van der Waals surface area contributed by atoms with E-state index in [1.165, 1.54) is 19.2 Å². The molecule has 0 fully saturated rings. The molecule has 0 aliphatic carbocycles. The minimum absolute atomic E-state index is 0.0186. The zero-order valence-electron chi connectivity index (χ0n) is 10.2. The van der Waals surface area contributed by atoms with Crippen molar-refractivity contribution in [3.05, 3.63) is 23.8 Å². The summed E-state index contributed by atoms with van der Waals surface area (Å²) in [4.78, 5) is 13.3. The number of carbonyl (C=O) groups excluding carboxylic acids is 1. The number of sulfone groups is 1. The van der Waals surface area contributed by atoms with Gasteiger partial charge in [-0.15, -0.1) is 0 Å². The molecular formula is C11H15NO4S. The van der Waals surface area contributed by atoms with Crippen LogP contribution in [0.25, 0.3) is 0 Å². The zero-order valence-corrected chi connectivity index (χ0v) is 11.0. The molecule has 0 amide bonds. The Morgan fingerprint density at radius 1 is 1.29 bits per heavy atom. The zero-order chi connectivity index (χ0) is 13.2. The molecule has 94 valence electrons. The van der Waals surface area contributed by atoms with Gasteiger partial charge in [-0.3, -0.25) is 0 Å². The maximum atomic E-state index is 11.6. The quantitative estimate of drug-likeness (QED) is 0.754. The highest BCUT2D eigenvalue weighted by Gasteiger charge is 2.20. The van der Waals surface area contributed by atoms with Crippen molar-refractivity contribution in [2.24, 2.45) is 0 Å². The van der Waals surface area contributed by atoms with Crippen molar-refractivity contribution in [2.45, 2.75) is 4.90 Å². The van der Waals surface area contributed by atoms with Crippen molar-refractivity contribution in [2.75, 3.05) is 32.4 Å². The SMILES string of the molecule is COC(=O)c1cc(N(C)C)ccc1S(C)(=O)=O. The summed E-state index contributed by atoms with van der Waals surface area (Å²) in [7, 11) is 1.37. The summed E-state index contributed by atoms with van der Waals surface area (Å²) in [6.07, 6.45) is 1.06. The lowest BCUT2D eigenvalue weighted by atomic mass is 10.2. The van der Waals surface area contributed by atoms with Crippen molar-refractivity contribution in [1.29, 1.82) is 0 Å². The summed E-state index contributed by atoms with van der Waals surface area (Å²) in [6, 6.07) is 4.56. The lowest BCUT2D eigenvalue weighted by molar-refractivity contribution is 0.0596. The molecule has 5 nitrogen and oxygen atoms in total. The molecule has 0 saturated heterocycles. The molecule has 0 aromatic heterocycles. The van der Waals surface area contributed by atoms with Crippen LogP contribution >= 0.6 is 0 Å². The third kappa shape index (κ3) is 2.97. The van der Waals surface area contributed by atoms with E-state index in [-0.39, 0.29) is 10.5 Å². The van der Waals surface area contributed by atoms with E-state index in [2.05, 4.69) is 4.74 Å². The van der Waals surface area contributed by atoms with Gasteiger partial charge >= 0.3 is 5.97 Å². The van der Waals surface area contributed by atoms with Crippen molar-refractivity contribution < 1.29 is 17.9 Å². The van der Waals surface area contributed by atoms with Gasteiger partial charge in [0.2, 0.25) is 0 Å². The predicted octanol–water partition coefficient (Wildman–Crippen LogP) is 0.943. The third-order valence-electron chi connectivity index (χ3n) is 2.28. The highest BCUT2D eigenvalue weighted by molar-refractivity contribution is 7.90. The normalized spacial score (nSPS) is 11.1. The topological polar surface area (TPSA) is 63.7 Å². The number of rotatable bonds is 3. The fraction of sp³-hybridized carbons (Fsp3) is 0.364. The molecule has 1 rings (SSSR count). The average Bonchev–Trinajstić information content (AvgIpc) is 2.25. The highest BCUT2D eigenvalue weighted by Crippen LogP contribution is 2.22. The van der Waals surface area contributed by atoms with E-state index in [4.69, 9.17) is 0 Å². The van der Waals surface area contributed by atoms with Crippen LogP contribution in [0.1, 0.15) is 10.4 Å². The minimum Gasteiger partial charge on any atom is -0.465 e. The van der Waals surface area contributed by atoms with Crippen LogP contribution in [0.5, 0.6) is 0 Å². The van der Waals surface area contributed by atoms with E-state index in [9.17, 15) is 13.2 Å². The molecule has 0 radical (unpaired) electrons. The first-order valence-corrected chi connectivity index (χ1v) is 6.76. The van der Waals surface area contributed by atoms with Gasteiger partial charge in [-0.05, 0) is 18.2 Å². The summed E-state index contributed by atoms with van der Waals surface area (Å²) >= 11 is 0. The van der Waals surface area contributed by atoms with Gasteiger partial charge in [0.15, 0.2) is 9.84 Å². The van der Waals surface area contributed by atoms with Crippen molar-refractivity contribution in [3.8, 4) is 0 Å². The molecule has 0 saturated carbocycles. The summed E-state index contributed by atoms with van der Waals surface area (Å²) < 4.78 is 27.7. The Hall–Kier alpha value is -1.56. The van der Waals surface area contributed by atoms with Gasteiger partial charge in [-0.25, -0.2) is 13.2 Å². The van der Waals surface area contributed by atoms with Crippen LogP contribution in [-0.4, -0.2) is 41.8 Å². The van der Waals surface area contributed by atoms with E-state index < -0.39 is 15.8 Å². The van der Waals surface area contributed by atoms with E-state index in [1.54, 1.807) is 25.1 Å². The molecular weight excluding hydrogens is 242 g/mol. The number of hydrogen-bond acceptors (Lipinski definition) is 5. The number of nitrogens with zero attached hydrogens (tertiary/aromatic N) is 1. The first kappa shape index (κ1) is 13.5. The van der Waals surface area contributed by atoms with Crippen LogP contribution < -0.4 is 4.90 Å². The Balaban J connectivity index is 3.48. The van der Waals surface area contributed by atoms with Gasteiger partial charge < -0.3 is 9.64 Å². The van der Waals surface area contributed by atoms with Crippen molar-refractivity contribution >= 4 is 21.5 Å². The van der Waals surface area contributed by atoms with Crippen molar-refractivity contribution in [3.63, 3.8) is 0 Å². The highest BCUT2D eigenvalue weighted by atomic mass is 32.2. The number of esters is 1. The first-order chi connectivity index (χ1) is 7.77. The van der Waals surface area contributed by atoms with Crippen LogP contribution in [0, 0.1) is 0 Å². The van der Waals surface area contributed by atoms with Gasteiger partial charge in [-0.1, -0.05) is 0 Å². The smallest absolute Gasteiger partial charge is 0.339 e. The molecule has 0 aliphatic heterocycles. The second kappa shape index (κ2) is 4.75. The number of carbonyl (C=O) groups is 1. The molecule has 1 aromatic carbocycles. The minimum atomic E-state index is -3.45. The number of ether oxygens (including phenoxy) is 1. The molecule has 0 N–H and O–H groups in total. The summed E-state index contributed by atoms with van der Waals surface area (Å²) in [5.74, 6) is -0.658. The van der Waals surface area contributed by atoms with E-state index in [0.717, 1.165) is 11.9 Å². The van der Waals surface area contributed by atoms with Crippen LogP contribution in [-0.2, 0) is 14.6 Å². The van der Waals surface area contributed by atoms with Crippen LogP contribution in [0.2, 0.25) is 0 Å². The Kier molecular flexibility index (Phi) is 3.77. The second-order valence-corrected chi connectivity index (χ2v) is 5.82. The Morgan fingerprint density at radius 3 is 2.29 bits per heavy atom. The average molecular weight is 257 g/mol. The molecule has 0 bridgehead atoms. The molecule has 6 heteroatoms. The van der Waals surface area contributed by atoms with Crippen LogP contribution in [0.4, 0.5) is 5.69 Å². The maximum Gasteiger partial charge on any atom is 0.339 e. The second-order valence-electron chi connectivity index (χ2n) is 3.84. The number of hydrogen-bond donors (Lipinski definition) is 0. The Bertz CT molecular complexity index is 534. The molecule has 0 heterocycles. The molecule has 0 unspecified atom stereocenters. The Morgan fingerprint density at radius 2 is 1.88 bits per heavy atom. The largest absolute Gasteiger partial charge is 0.465 e. The molecule has 0 aliphatic rings. The van der Waals surface area contributed by atoms with Crippen LogP contribution in [0.3, 0.4) is 0 Å². The number of anilines is 1. The fourth-order valence-electron chi connectivity index (χ4n) is 1.39. The molecule has 0 spiro atoms. The summed E-state index contributed by atoms with van der Waals surface area (Å²) in [5.41, 5.74) is 0.791. The fourth-order valence-corrected chi connectivity index (χ4v) is 2.25. The van der Waals surface area contributed by atoms with Gasteiger partial charge in [0, 0.05) is 26.0 Å². The van der Waals surface area contributed by atoms with E-state index >= 15 is 0 Å². The lowest BCUT2D eigenvalue weighted by Gasteiger charge is -2.15. The lowest BCUT2D eigenvalue weighted by Crippen LogP contribution is -2.13. The van der Waals surface area contributed by atoms with Gasteiger partial charge in [-0.2, -0.15) is 0 Å². The van der Waals surface area contributed by atoms with E-state index in [0.29, 0.717) is 0 Å². The number of benzene rings is 1. The monoisotopic (exact) mass is 257 g/mol. The summed E-state index contributed by atoms with van der Waals surface area (Å²) in [5, 5.41) is 0. The maximum absolute atomic E-state index is 11.6. The van der Waals surface area contributed by atoms with Crippen LogP contribution in [0.15, 0.2) is 23.1 Å². The standard InChI is InChI=1S/C11H15NO4S/c1-12(2)8-5-6-10(17(4,14)15)9(7-8)11(13)16-3/h5-7H,1-4H3. The third-order valence-corrected chi connectivity index (χ3v) is 3.44. The predicted molar refractivity (Wildman–Crippen MR) is 65.2 cm³/mol. The molecule has 17 heavy (non-hydrogen) atoms. The van der Waals surface area contributed by atoms with Gasteiger partial charge in [0.1, 0.15) is 0 Å². The first-order valence-electron chi connectivity index (χ1n) is 4.87.